The smallest absolute Gasteiger partial charge is 0.108 e. The molecule has 1 nitrogen and oxygen atoms in total. The van der Waals surface area contributed by atoms with Gasteiger partial charge in [0, 0.05) is 12.8 Å². The molecule has 0 saturated carbocycles. The van der Waals surface area contributed by atoms with Crippen LogP contribution in [0.4, 0.5) is 0 Å². The summed E-state index contributed by atoms with van der Waals surface area (Å²) < 4.78 is 0. The van der Waals surface area contributed by atoms with Crippen LogP contribution >= 0.6 is 11.2 Å². The van der Waals surface area contributed by atoms with Gasteiger partial charge < -0.3 is 0 Å². The van der Waals surface area contributed by atoms with Gasteiger partial charge in [-0.2, -0.15) is 11.2 Å². The molecule has 0 aromatic heterocycles. The molecule has 0 aliphatic heterocycles. The first-order valence-corrected chi connectivity index (χ1v) is 12.2. The molecule has 0 spiro atoms. The van der Waals surface area contributed by atoms with E-state index in [0.29, 0.717) is 0 Å². The Morgan fingerprint density at radius 1 is 1.21 bits per heavy atom. The van der Waals surface area contributed by atoms with E-state index < -0.39 is 7.22 Å². The van der Waals surface area contributed by atoms with Gasteiger partial charge in [0.05, 0.1) is 0 Å². The first kappa shape index (κ1) is 16.5. The molecule has 0 radical (unpaired) electrons. The summed E-state index contributed by atoms with van der Waals surface area (Å²) in [5.74, 6) is 0. The van der Waals surface area contributed by atoms with Crippen LogP contribution in [0, 0.1) is 6.92 Å². The quantitative estimate of drug-likeness (QED) is 0.385. The summed E-state index contributed by atoms with van der Waals surface area (Å²) in [6.45, 7) is 12.7. The van der Waals surface area contributed by atoms with Gasteiger partial charge in [0.1, 0.15) is 7.22 Å². The molecule has 1 aromatic rings. The molecular weight excluding hydrogens is 266 g/mol. The van der Waals surface area contributed by atoms with Crippen LogP contribution in [-0.2, 0) is 0 Å². The summed E-state index contributed by atoms with van der Waals surface area (Å²) in [6, 6.07) is 8.52. The minimum atomic E-state index is -0.969. The van der Waals surface area contributed by atoms with Gasteiger partial charge >= 0.3 is 0 Å². The molecule has 0 aliphatic rings. The van der Waals surface area contributed by atoms with Crippen molar-refractivity contribution in [3.05, 3.63) is 35.4 Å². The van der Waals surface area contributed by atoms with Crippen molar-refractivity contribution in [3.63, 3.8) is 0 Å². The molecule has 19 heavy (non-hydrogen) atoms. The maximum Gasteiger partial charge on any atom is 0.108 e. The van der Waals surface area contributed by atoms with Crippen molar-refractivity contribution < 1.29 is 0 Å². The van der Waals surface area contributed by atoms with Crippen LogP contribution in [0.3, 0.4) is 0 Å². The van der Waals surface area contributed by atoms with E-state index in [1.165, 1.54) is 24.0 Å². The second kappa shape index (κ2) is 7.90. The zero-order chi connectivity index (χ0) is 14.3. The zero-order valence-corrected chi connectivity index (χ0v) is 14.8. The van der Waals surface area contributed by atoms with Crippen molar-refractivity contribution in [2.45, 2.75) is 51.6 Å². The van der Waals surface area contributed by atoms with Gasteiger partial charge in [0.15, 0.2) is 0 Å². The highest BCUT2D eigenvalue weighted by atomic mass is 32.4. The van der Waals surface area contributed by atoms with Gasteiger partial charge in [-0.3, -0.25) is 4.99 Å². The van der Waals surface area contributed by atoms with E-state index in [4.69, 9.17) is 0 Å². The molecule has 0 N–H and O–H groups in total. The summed E-state index contributed by atoms with van der Waals surface area (Å²) >= 11 is 2.20. The Morgan fingerprint density at radius 2 is 1.84 bits per heavy atom. The van der Waals surface area contributed by atoms with Crippen molar-refractivity contribution >= 4 is 24.6 Å². The Morgan fingerprint density at radius 3 is 2.42 bits per heavy atom. The average Bonchev–Trinajstić information content (AvgIpc) is 2.29. The van der Waals surface area contributed by atoms with E-state index in [1.54, 1.807) is 0 Å². The predicted octanol–water partition coefficient (Wildman–Crippen LogP) is 5.15. The van der Waals surface area contributed by atoms with Crippen LogP contribution in [0.15, 0.2) is 29.3 Å². The van der Waals surface area contributed by atoms with E-state index in [1.807, 2.05) is 6.21 Å². The molecule has 1 aromatic carbocycles. The van der Waals surface area contributed by atoms with Gasteiger partial charge in [-0.25, -0.2) is 0 Å². The van der Waals surface area contributed by atoms with Crippen molar-refractivity contribution in [3.8, 4) is 0 Å². The van der Waals surface area contributed by atoms with Crippen molar-refractivity contribution in [1.29, 1.82) is 0 Å². The number of hydrogen-bond donors (Lipinski definition) is 0. The lowest BCUT2D eigenvalue weighted by atomic mass is 10.2. The fraction of sp³-hybridized carbons (Fsp3) is 0.562. The SMILES string of the molecule is Cc1ccc(C=NCCCC(C)S[Si](C)(C)C)cc1. The Bertz CT molecular complexity index is 392. The lowest BCUT2D eigenvalue weighted by Crippen LogP contribution is -2.18. The fourth-order valence-corrected chi connectivity index (χ4v) is 7.42. The lowest BCUT2D eigenvalue weighted by Gasteiger charge is -2.20. The van der Waals surface area contributed by atoms with Crippen LogP contribution < -0.4 is 0 Å². The molecule has 1 atom stereocenters. The molecule has 0 bridgehead atoms. The first-order valence-electron chi connectivity index (χ1n) is 7.11. The number of rotatable bonds is 7. The number of benzene rings is 1. The Kier molecular flexibility index (Phi) is 6.87. The van der Waals surface area contributed by atoms with Crippen LogP contribution in [0.2, 0.25) is 19.6 Å². The number of nitrogens with zero attached hydrogens (tertiary/aromatic N) is 1. The summed E-state index contributed by atoms with van der Waals surface area (Å²) in [5.41, 5.74) is 2.50. The highest BCUT2D eigenvalue weighted by Crippen LogP contribution is 2.27. The number of hydrogen-bond acceptors (Lipinski definition) is 2. The van der Waals surface area contributed by atoms with Crippen LogP contribution in [-0.4, -0.2) is 25.2 Å². The molecule has 106 valence electrons. The normalized spacial score (nSPS) is 13.9. The summed E-state index contributed by atoms with van der Waals surface area (Å²) in [7, 11) is -0.969. The van der Waals surface area contributed by atoms with Gasteiger partial charge in [0.2, 0.25) is 0 Å². The molecule has 0 amide bonds. The summed E-state index contributed by atoms with van der Waals surface area (Å²) in [6.07, 6.45) is 4.47. The lowest BCUT2D eigenvalue weighted by molar-refractivity contribution is 0.743. The second-order valence-corrected chi connectivity index (χ2v) is 15.8. The van der Waals surface area contributed by atoms with Crippen LogP contribution in [0.25, 0.3) is 0 Å². The van der Waals surface area contributed by atoms with E-state index in [0.717, 1.165) is 11.8 Å². The van der Waals surface area contributed by atoms with Gasteiger partial charge in [-0.1, -0.05) is 56.4 Å². The number of aliphatic imine (C=N–C) groups is 1. The minimum absolute atomic E-state index is 0.779. The van der Waals surface area contributed by atoms with Crippen molar-refractivity contribution in [1.82, 2.24) is 0 Å². The molecule has 3 heteroatoms. The Hall–Kier alpha value is -0.543. The minimum Gasteiger partial charge on any atom is -0.293 e. The topological polar surface area (TPSA) is 12.4 Å². The van der Waals surface area contributed by atoms with Gasteiger partial charge in [0.25, 0.3) is 0 Å². The number of aryl methyl sites for hydroxylation is 1. The van der Waals surface area contributed by atoms with E-state index in [2.05, 4.69) is 74.0 Å². The summed E-state index contributed by atoms with van der Waals surface area (Å²) in [5, 5.41) is 0.779. The molecular formula is C16H27NSSi. The van der Waals surface area contributed by atoms with Gasteiger partial charge in [-0.15, -0.1) is 0 Å². The third kappa shape index (κ3) is 8.27. The predicted molar refractivity (Wildman–Crippen MR) is 93.3 cm³/mol. The third-order valence-corrected chi connectivity index (χ3v) is 7.44. The van der Waals surface area contributed by atoms with Crippen molar-refractivity contribution in [2.24, 2.45) is 4.99 Å². The molecule has 1 unspecified atom stereocenters. The molecule has 0 saturated heterocycles. The van der Waals surface area contributed by atoms with Crippen LogP contribution in [0.1, 0.15) is 30.9 Å². The summed E-state index contributed by atoms with van der Waals surface area (Å²) in [4.78, 5) is 4.52. The standard InChI is InChI=1S/C16H27NSSi/c1-14-8-10-16(11-9-14)13-17-12-6-7-15(2)18-19(3,4)5/h8-11,13,15H,6-7,12H2,1-5H3. The average molecular weight is 294 g/mol. The zero-order valence-electron chi connectivity index (χ0n) is 12.9. The maximum atomic E-state index is 4.52. The second-order valence-electron chi connectivity index (χ2n) is 6.13. The van der Waals surface area contributed by atoms with E-state index in [9.17, 15) is 0 Å². The Balaban J connectivity index is 2.22. The molecule has 0 heterocycles. The molecule has 1 rings (SSSR count). The first-order chi connectivity index (χ1) is 8.87. The third-order valence-electron chi connectivity index (χ3n) is 2.77. The van der Waals surface area contributed by atoms with E-state index in [-0.39, 0.29) is 0 Å². The maximum absolute atomic E-state index is 4.52. The largest absolute Gasteiger partial charge is 0.293 e. The molecule has 0 fully saturated rings. The van der Waals surface area contributed by atoms with Crippen molar-refractivity contribution in [2.75, 3.05) is 6.54 Å². The fourth-order valence-electron chi connectivity index (χ4n) is 1.95. The highest BCUT2D eigenvalue weighted by Gasteiger charge is 2.17. The van der Waals surface area contributed by atoms with E-state index >= 15 is 0 Å². The molecule has 0 aliphatic carbocycles. The Labute approximate surface area is 123 Å². The highest BCUT2D eigenvalue weighted by molar-refractivity contribution is 8.29. The monoisotopic (exact) mass is 293 g/mol. The van der Waals surface area contributed by atoms with Crippen LogP contribution in [0.5, 0.6) is 0 Å². The van der Waals surface area contributed by atoms with Gasteiger partial charge in [-0.05, 0) is 30.6 Å².